The summed E-state index contributed by atoms with van der Waals surface area (Å²) in [6, 6.07) is 26.5. The third kappa shape index (κ3) is 2.78. The summed E-state index contributed by atoms with van der Waals surface area (Å²) < 4.78 is 0. The van der Waals surface area contributed by atoms with Crippen molar-refractivity contribution in [3.05, 3.63) is 84.4 Å². The highest BCUT2D eigenvalue weighted by Gasteiger charge is 2.11. The van der Waals surface area contributed by atoms with Gasteiger partial charge in [0.05, 0.1) is 22.1 Å². The van der Waals surface area contributed by atoms with Gasteiger partial charge in [0.2, 0.25) is 0 Å². The molecule has 2 N–H and O–H groups in total. The summed E-state index contributed by atoms with van der Waals surface area (Å²) in [5.74, 6) is 2.36. The topological polar surface area (TPSA) is 57.4 Å². The van der Waals surface area contributed by atoms with E-state index < -0.39 is 0 Å². The molecule has 0 amide bonds. The molecule has 4 heteroatoms. The van der Waals surface area contributed by atoms with Crippen molar-refractivity contribution in [1.29, 1.82) is 0 Å². The van der Waals surface area contributed by atoms with Crippen LogP contribution in [0.25, 0.3) is 65.5 Å². The van der Waals surface area contributed by atoms with E-state index >= 15 is 0 Å². The first-order valence-electron chi connectivity index (χ1n) is 11.8. The van der Waals surface area contributed by atoms with E-state index in [1.165, 1.54) is 43.4 Å². The standard InChI is InChI=1S/C30H24N4/c1-16(2)30-33-27-12-7-21-15-19(5-9-23(21)28(27)34-30)18-4-8-22-20(14-18)6-10-25-24(22)11-13-26-29(25)32-17(3)31-26/h4-16H,1-3H3,(H,31,32)(H,33,34). The molecular formula is C30H24N4. The molecule has 4 nitrogen and oxygen atoms in total. The van der Waals surface area contributed by atoms with Crippen LogP contribution in [-0.2, 0) is 0 Å². The highest BCUT2D eigenvalue weighted by Crippen LogP contribution is 2.34. The largest absolute Gasteiger partial charge is 0.342 e. The minimum atomic E-state index is 0.378. The molecule has 0 saturated heterocycles. The number of nitrogens with zero attached hydrogens (tertiary/aromatic N) is 2. The third-order valence-corrected chi connectivity index (χ3v) is 6.96. The Labute approximate surface area is 196 Å². The number of fused-ring (bicyclic) bond motifs is 8. The lowest BCUT2D eigenvalue weighted by atomic mass is 9.95. The predicted octanol–water partition coefficient (Wildman–Crippen LogP) is 8.00. The van der Waals surface area contributed by atoms with E-state index in [2.05, 4.69) is 96.6 Å². The molecule has 0 fully saturated rings. The fraction of sp³-hybridized carbons (Fsp3) is 0.133. The maximum absolute atomic E-state index is 4.76. The number of hydrogen-bond acceptors (Lipinski definition) is 2. The number of nitrogens with one attached hydrogen (secondary N) is 2. The van der Waals surface area contributed by atoms with Gasteiger partial charge in [-0.25, -0.2) is 9.97 Å². The van der Waals surface area contributed by atoms with Crippen molar-refractivity contribution in [3.63, 3.8) is 0 Å². The van der Waals surface area contributed by atoms with Crippen molar-refractivity contribution in [1.82, 2.24) is 19.9 Å². The van der Waals surface area contributed by atoms with Crippen LogP contribution in [0.15, 0.2) is 72.8 Å². The summed E-state index contributed by atoms with van der Waals surface area (Å²) in [5, 5.41) is 7.36. The number of rotatable bonds is 2. The molecule has 0 saturated carbocycles. The molecule has 0 bridgehead atoms. The lowest BCUT2D eigenvalue weighted by Gasteiger charge is -2.09. The third-order valence-electron chi connectivity index (χ3n) is 6.96. The molecule has 34 heavy (non-hydrogen) atoms. The van der Waals surface area contributed by atoms with Crippen molar-refractivity contribution in [2.75, 3.05) is 0 Å². The Morgan fingerprint density at radius 1 is 0.647 bits per heavy atom. The van der Waals surface area contributed by atoms with Gasteiger partial charge >= 0.3 is 0 Å². The summed E-state index contributed by atoms with van der Waals surface area (Å²) in [5.41, 5.74) is 6.72. The quantitative estimate of drug-likeness (QED) is 0.268. The van der Waals surface area contributed by atoms with E-state index in [1.54, 1.807) is 0 Å². The lowest BCUT2D eigenvalue weighted by Crippen LogP contribution is -1.88. The van der Waals surface area contributed by atoms with Crippen LogP contribution in [0.5, 0.6) is 0 Å². The van der Waals surface area contributed by atoms with Gasteiger partial charge in [-0.05, 0) is 63.9 Å². The molecule has 7 rings (SSSR count). The molecule has 2 aromatic heterocycles. The number of benzene rings is 5. The zero-order chi connectivity index (χ0) is 23.0. The highest BCUT2D eigenvalue weighted by molar-refractivity contribution is 6.16. The van der Waals surface area contributed by atoms with E-state index in [0.29, 0.717) is 5.92 Å². The van der Waals surface area contributed by atoms with Crippen molar-refractivity contribution < 1.29 is 0 Å². The summed E-state index contributed by atoms with van der Waals surface area (Å²) in [6.45, 7) is 6.34. The Bertz CT molecular complexity index is 1900. The predicted molar refractivity (Wildman–Crippen MR) is 143 cm³/mol. The first-order chi connectivity index (χ1) is 16.5. The highest BCUT2D eigenvalue weighted by atomic mass is 14.9. The Morgan fingerprint density at radius 2 is 1.32 bits per heavy atom. The molecule has 0 spiro atoms. The smallest absolute Gasteiger partial charge is 0.109 e. The van der Waals surface area contributed by atoms with Gasteiger partial charge in [-0.1, -0.05) is 62.4 Å². The molecule has 7 aromatic rings. The van der Waals surface area contributed by atoms with E-state index in [4.69, 9.17) is 9.97 Å². The van der Waals surface area contributed by atoms with Crippen LogP contribution in [-0.4, -0.2) is 19.9 Å². The first kappa shape index (κ1) is 19.3. The van der Waals surface area contributed by atoms with Gasteiger partial charge in [0, 0.05) is 16.7 Å². The molecule has 164 valence electrons. The second kappa shape index (κ2) is 6.91. The maximum Gasteiger partial charge on any atom is 0.109 e. The number of aryl methyl sites for hydroxylation is 1. The van der Waals surface area contributed by atoms with Crippen molar-refractivity contribution in [2.24, 2.45) is 0 Å². The normalized spacial score (nSPS) is 12.2. The summed E-state index contributed by atoms with van der Waals surface area (Å²) in [7, 11) is 0. The molecule has 5 aromatic carbocycles. The van der Waals surface area contributed by atoms with Gasteiger partial charge in [-0.2, -0.15) is 0 Å². The van der Waals surface area contributed by atoms with Crippen molar-refractivity contribution in [3.8, 4) is 11.1 Å². The Kier molecular flexibility index (Phi) is 3.92. The fourth-order valence-electron chi connectivity index (χ4n) is 5.20. The number of imidazole rings is 2. The minimum absolute atomic E-state index is 0.378. The lowest BCUT2D eigenvalue weighted by molar-refractivity contribution is 0.799. The maximum atomic E-state index is 4.76. The Hall–Kier alpha value is -4.18. The molecule has 0 aliphatic rings. The van der Waals surface area contributed by atoms with Crippen LogP contribution in [0.3, 0.4) is 0 Å². The van der Waals surface area contributed by atoms with Crippen molar-refractivity contribution >= 4 is 54.4 Å². The van der Waals surface area contributed by atoms with Crippen LogP contribution in [0.2, 0.25) is 0 Å². The molecule has 0 atom stereocenters. The summed E-state index contributed by atoms with van der Waals surface area (Å²) in [6.07, 6.45) is 0. The van der Waals surface area contributed by atoms with Gasteiger partial charge in [-0.3, -0.25) is 0 Å². The average Bonchev–Trinajstić information content (AvgIpc) is 3.46. The van der Waals surface area contributed by atoms with Gasteiger partial charge < -0.3 is 9.97 Å². The van der Waals surface area contributed by atoms with E-state index in [-0.39, 0.29) is 0 Å². The minimum Gasteiger partial charge on any atom is -0.342 e. The van der Waals surface area contributed by atoms with E-state index in [1.807, 2.05) is 6.92 Å². The van der Waals surface area contributed by atoms with Crippen LogP contribution in [0, 0.1) is 6.92 Å². The fourth-order valence-corrected chi connectivity index (χ4v) is 5.20. The molecule has 0 aliphatic carbocycles. The SMILES string of the molecule is Cc1nc2c(ccc3c4ccc(-c5ccc6c(ccc7nc(C(C)C)[nH]c76)c5)cc4ccc32)[nH]1. The van der Waals surface area contributed by atoms with E-state index in [0.717, 1.165) is 33.7 Å². The zero-order valence-corrected chi connectivity index (χ0v) is 19.4. The zero-order valence-electron chi connectivity index (χ0n) is 19.4. The summed E-state index contributed by atoms with van der Waals surface area (Å²) in [4.78, 5) is 16.4. The number of hydrogen-bond donors (Lipinski definition) is 2. The van der Waals surface area contributed by atoms with Crippen molar-refractivity contribution in [2.45, 2.75) is 26.7 Å². The molecule has 2 heterocycles. The Balaban J connectivity index is 1.37. The van der Waals surface area contributed by atoms with Crippen LogP contribution in [0.1, 0.15) is 31.4 Å². The van der Waals surface area contributed by atoms with E-state index in [9.17, 15) is 0 Å². The van der Waals surface area contributed by atoms with Crippen LogP contribution < -0.4 is 0 Å². The molecular weight excluding hydrogens is 416 g/mol. The molecule has 0 radical (unpaired) electrons. The second-order valence-corrected chi connectivity index (χ2v) is 9.55. The Morgan fingerprint density at radius 3 is 2.12 bits per heavy atom. The van der Waals surface area contributed by atoms with Gasteiger partial charge in [0.15, 0.2) is 0 Å². The van der Waals surface area contributed by atoms with Gasteiger partial charge in [-0.15, -0.1) is 0 Å². The summed E-state index contributed by atoms with van der Waals surface area (Å²) >= 11 is 0. The number of aromatic amines is 2. The van der Waals surface area contributed by atoms with Gasteiger partial charge in [0.25, 0.3) is 0 Å². The monoisotopic (exact) mass is 440 g/mol. The first-order valence-corrected chi connectivity index (χ1v) is 11.8. The second-order valence-electron chi connectivity index (χ2n) is 9.55. The van der Waals surface area contributed by atoms with Crippen LogP contribution in [0.4, 0.5) is 0 Å². The average molecular weight is 441 g/mol. The van der Waals surface area contributed by atoms with Gasteiger partial charge in [0.1, 0.15) is 11.6 Å². The molecule has 0 aliphatic heterocycles. The number of H-pyrrole nitrogens is 2. The molecule has 0 unspecified atom stereocenters. The number of aromatic nitrogens is 4. The van der Waals surface area contributed by atoms with Crippen LogP contribution >= 0.6 is 0 Å².